The molecule has 0 aliphatic rings. The molecule has 0 spiro atoms. The van der Waals surface area contributed by atoms with Gasteiger partial charge < -0.3 is 5.32 Å². The molecule has 3 rings (SSSR count). The molecule has 1 heterocycles. The van der Waals surface area contributed by atoms with E-state index >= 15 is 0 Å². The molecule has 132 valence electrons. The van der Waals surface area contributed by atoms with Gasteiger partial charge in [-0.2, -0.15) is 0 Å². The number of thioether (sulfide) groups is 1. The van der Waals surface area contributed by atoms with Crippen LogP contribution in [0.2, 0.25) is 5.02 Å². The van der Waals surface area contributed by atoms with Crippen molar-refractivity contribution in [2.24, 2.45) is 0 Å². The summed E-state index contributed by atoms with van der Waals surface area (Å²) in [5.41, 5.74) is 2.55. The van der Waals surface area contributed by atoms with Gasteiger partial charge in [-0.05, 0) is 48.2 Å². The topological polar surface area (TPSA) is 42.0 Å². The first kappa shape index (κ1) is 18.4. The van der Waals surface area contributed by atoms with E-state index in [0.717, 1.165) is 10.5 Å². The standard InChI is InChI=1S/C20H16ClFN2OS/c1-26-17-7-5-14(18(21)10-17)11-24-20(25)15-6-8-19(23-12-15)13-3-2-4-16(22)9-13/h2-10,12H,11H2,1H3,(H,24,25). The Hall–Kier alpha value is -2.37. The molecule has 26 heavy (non-hydrogen) atoms. The highest BCUT2D eigenvalue weighted by atomic mass is 35.5. The van der Waals surface area contributed by atoms with Crippen molar-refractivity contribution in [2.75, 3.05) is 6.26 Å². The Kier molecular flexibility index (Phi) is 5.91. The van der Waals surface area contributed by atoms with Crippen LogP contribution < -0.4 is 5.32 Å². The van der Waals surface area contributed by atoms with Crippen LogP contribution in [0.15, 0.2) is 65.7 Å². The lowest BCUT2D eigenvalue weighted by molar-refractivity contribution is 0.0950. The molecule has 3 nitrogen and oxygen atoms in total. The Morgan fingerprint density at radius 2 is 2.04 bits per heavy atom. The maximum atomic E-state index is 13.3. The Balaban J connectivity index is 1.67. The lowest BCUT2D eigenvalue weighted by Crippen LogP contribution is -2.23. The van der Waals surface area contributed by atoms with Crippen LogP contribution in [0.1, 0.15) is 15.9 Å². The first-order valence-corrected chi connectivity index (χ1v) is 9.49. The zero-order valence-electron chi connectivity index (χ0n) is 14.0. The second-order valence-corrected chi connectivity index (χ2v) is 6.87. The van der Waals surface area contributed by atoms with E-state index < -0.39 is 0 Å². The van der Waals surface area contributed by atoms with Gasteiger partial charge in [-0.1, -0.05) is 29.8 Å². The molecule has 0 bridgehead atoms. The minimum atomic E-state index is -0.324. The summed E-state index contributed by atoms with van der Waals surface area (Å²) in [5, 5.41) is 3.45. The number of benzene rings is 2. The van der Waals surface area contributed by atoms with Gasteiger partial charge in [-0.3, -0.25) is 9.78 Å². The van der Waals surface area contributed by atoms with E-state index in [0.29, 0.717) is 28.4 Å². The number of hydrogen-bond donors (Lipinski definition) is 1. The van der Waals surface area contributed by atoms with Crippen LogP contribution in [0, 0.1) is 5.82 Å². The van der Waals surface area contributed by atoms with Gasteiger partial charge >= 0.3 is 0 Å². The fourth-order valence-corrected chi connectivity index (χ4v) is 3.17. The highest BCUT2D eigenvalue weighted by Gasteiger charge is 2.09. The molecule has 0 aliphatic heterocycles. The Labute approximate surface area is 160 Å². The summed E-state index contributed by atoms with van der Waals surface area (Å²) in [4.78, 5) is 17.6. The Morgan fingerprint density at radius 1 is 1.19 bits per heavy atom. The van der Waals surface area contributed by atoms with Gasteiger partial charge in [0.25, 0.3) is 5.91 Å². The van der Waals surface area contributed by atoms with Gasteiger partial charge in [0, 0.05) is 28.2 Å². The number of nitrogens with one attached hydrogen (secondary N) is 1. The molecule has 1 amide bonds. The molecule has 1 N–H and O–H groups in total. The zero-order valence-corrected chi connectivity index (χ0v) is 15.6. The third kappa shape index (κ3) is 4.42. The first-order valence-electron chi connectivity index (χ1n) is 7.89. The largest absolute Gasteiger partial charge is 0.348 e. The summed E-state index contributed by atoms with van der Waals surface area (Å²) in [5.74, 6) is -0.566. The number of amides is 1. The van der Waals surface area contributed by atoms with E-state index in [9.17, 15) is 9.18 Å². The molecule has 0 radical (unpaired) electrons. The minimum Gasteiger partial charge on any atom is -0.348 e. The summed E-state index contributed by atoms with van der Waals surface area (Å²) in [6.45, 7) is 0.331. The molecule has 0 unspecified atom stereocenters. The van der Waals surface area contributed by atoms with Crippen LogP contribution in [0.3, 0.4) is 0 Å². The number of carbonyl (C=O) groups excluding carboxylic acids is 1. The SMILES string of the molecule is CSc1ccc(CNC(=O)c2ccc(-c3cccc(F)c3)nc2)c(Cl)c1. The maximum absolute atomic E-state index is 13.3. The lowest BCUT2D eigenvalue weighted by Gasteiger charge is -2.09. The fraction of sp³-hybridized carbons (Fsp3) is 0.100. The molecular formula is C20H16ClFN2OS. The molecule has 3 aromatic rings. The predicted octanol–water partition coefficient (Wildman–Crippen LogP) is 5.19. The molecule has 6 heteroatoms. The third-order valence-corrected chi connectivity index (χ3v) is 4.92. The molecule has 0 atom stereocenters. The number of nitrogens with zero attached hydrogens (tertiary/aromatic N) is 1. The number of halogens is 2. The molecule has 2 aromatic carbocycles. The van der Waals surface area contributed by atoms with E-state index in [-0.39, 0.29) is 11.7 Å². The normalized spacial score (nSPS) is 10.6. The van der Waals surface area contributed by atoms with Crippen LogP contribution >= 0.6 is 23.4 Å². The minimum absolute atomic E-state index is 0.242. The van der Waals surface area contributed by atoms with E-state index in [2.05, 4.69) is 10.3 Å². The highest BCUT2D eigenvalue weighted by molar-refractivity contribution is 7.98. The van der Waals surface area contributed by atoms with Crippen LogP contribution in [-0.4, -0.2) is 17.1 Å². The molecule has 0 fully saturated rings. The second kappa shape index (κ2) is 8.34. The van der Waals surface area contributed by atoms with Gasteiger partial charge in [0.15, 0.2) is 0 Å². The summed E-state index contributed by atoms with van der Waals surface area (Å²) < 4.78 is 13.3. The summed E-state index contributed by atoms with van der Waals surface area (Å²) in [6.07, 6.45) is 3.46. The molecule has 1 aromatic heterocycles. The van der Waals surface area contributed by atoms with Crippen molar-refractivity contribution in [2.45, 2.75) is 11.4 Å². The van der Waals surface area contributed by atoms with E-state index in [4.69, 9.17) is 11.6 Å². The van der Waals surface area contributed by atoms with Crippen molar-refractivity contribution in [3.8, 4) is 11.3 Å². The van der Waals surface area contributed by atoms with Crippen LogP contribution in [0.4, 0.5) is 4.39 Å². The van der Waals surface area contributed by atoms with Crippen molar-refractivity contribution in [3.05, 3.63) is 82.8 Å². The number of pyridine rings is 1. The van der Waals surface area contributed by atoms with Crippen molar-refractivity contribution < 1.29 is 9.18 Å². The Morgan fingerprint density at radius 3 is 2.69 bits per heavy atom. The van der Waals surface area contributed by atoms with Gasteiger partial charge in [0.05, 0.1) is 11.3 Å². The lowest BCUT2D eigenvalue weighted by atomic mass is 10.1. The monoisotopic (exact) mass is 386 g/mol. The number of carbonyl (C=O) groups is 1. The van der Waals surface area contributed by atoms with Gasteiger partial charge in [0.2, 0.25) is 0 Å². The van der Waals surface area contributed by atoms with Crippen molar-refractivity contribution in [3.63, 3.8) is 0 Å². The number of hydrogen-bond acceptors (Lipinski definition) is 3. The van der Waals surface area contributed by atoms with E-state index in [1.807, 2.05) is 24.5 Å². The predicted molar refractivity (Wildman–Crippen MR) is 104 cm³/mol. The van der Waals surface area contributed by atoms with E-state index in [1.165, 1.54) is 18.3 Å². The van der Waals surface area contributed by atoms with Crippen molar-refractivity contribution in [1.82, 2.24) is 10.3 Å². The second-order valence-electron chi connectivity index (χ2n) is 5.58. The zero-order chi connectivity index (χ0) is 18.5. The average molecular weight is 387 g/mol. The van der Waals surface area contributed by atoms with Gasteiger partial charge in [-0.15, -0.1) is 11.8 Å². The summed E-state index contributed by atoms with van der Waals surface area (Å²) in [7, 11) is 0. The fourth-order valence-electron chi connectivity index (χ4n) is 2.42. The van der Waals surface area contributed by atoms with Crippen molar-refractivity contribution >= 4 is 29.3 Å². The van der Waals surface area contributed by atoms with Crippen LogP contribution in [-0.2, 0) is 6.54 Å². The smallest absolute Gasteiger partial charge is 0.253 e. The Bertz CT molecular complexity index is 931. The summed E-state index contributed by atoms with van der Waals surface area (Å²) in [6, 6.07) is 15.3. The van der Waals surface area contributed by atoms with Gasteiger partial charge in [0.1, 0.15) is 5.82 Å². The first-order chi connectivity index (χ1) is 12.6. The maximum Gasteiger partial charge on any atom is 0.253 e. The molecule has 0 saturated carbocycles. The average Bonchev–Trinajstić information content (AvgIpc) is 2.67. The van der Waals surface area contributed by atoms with E-state index in [1.54, 1.807) is 36.0 Å². The van der Waals surface area contributed by atoms with Gasteiger partial charge in [-0.25, -0.2) is 4.39 Å². The quantitative estimate of drug-likeness (QED) is 0.613. The summed E-state index contributed by atoms with van der Waals surface area (Å²) >= 11 is 7.84. The van der Waals surface area contributed by atoms with Crippen LogP contribution in [0.25, 0.3) is 11.3 Å². The number of aromatic nitrogens is 1. The number of rotatable bonds is 5. The molecular weight excluding hydrogens is 371 g/mol. The molecule has 0 aliphatic carbocycles. The van der Waals surface area contributed by atoms with Crippen molar-refractivity contribution in [1.29, 1.82) is 0 Å². The highest BCUT2D eigenvalue weighted by Crippen LogP contribution is 2.23. The third-order valence-electron chi connectivity index (χ3n) is 3.85. The van der Waals surface area contributed by atoms with Crippen LogP contribution in [0.5, 0.6) is 0 Å². The molecule has 0 saturated heterocycles.